The molecule has 0 aliphatic carbocycles. The van der Waals surface area contributed by atoms with Crippen molar-refractivity contribution in [2.24, 2.45) is 0 Å². The zero-order valence-electron chi connectivity index (χ0n) is 9.64. The van der Waals surface area contributed by atoms with Gasteiger partial charge in [-0.05, 0) is 35.6 Å². The summed E-state index contributed by atoms with van der Waals surface area (Å²) in [4.78, 5) is 0. The number of rotatable bonds is 0. The first-order chi connectivity index (χ1) is 5.41. The zero-order chi connectivity index (χ0) is 9.35. The molecule has 0 amide bonds. The van der Waals surface area contributed by atoms with Crippen molar-refractivity contribution in [2.75, 3.05) is 0 Å². The van der Waals surface area contributed by atoms with Crippen molar-refractivity contribution in [3.8, 4) is 5.75 Å². The van der Waals surface area contributed by atoms with Gasteiger partial charge in [0.15, 0.2) is 0 Å². The first-order valence-electron chi connectivity index (χ1n) is 4.21. The molecule has 0 heterocycles. The van der Waals surface area contributed by atoms with Crippen LogP contribution in [0.4, 0.5) is 0 Å². The molecule has 0 saturated carbocycles. The van der Waals surface area contributed by atoms with Gasteiger partial charge in [0.25, 0.3) is 0 Å². The summed E-state index contributed by atoms with van der Waals surface area (Å²) in [5.74, 6) is 0.348. The molecule has 1 aromatic rings. The Bertz CT molecular complexity index is 295. The first kappa shape index (κ1) is 21.5. The van der Waals surface area contributed by atoms with E-state index in [1.54, 1.807) is 12.1 Å². The van der Waals surface area contributed by atoms with E-state index in [2.05, 4.69) is 20.8 Å². The Morgan fingerprint density at radius 2 is 1.53 bits per heavy atom. The third-order valence-electron chi connectivity index (χ3n) is 2.02. The summed E-state index contributed by atoms with van der Waals surface area (Å²) in [6.45, 7) is 8.55. The molecule has 1 N–H and O–H groups in total. The van der Waals surface area contributed by atoms with E-state index in [1.807, 2.05) is 13.0 Å². The summed E-state index contributed by atoms with van der Waals surface area (Å²) < 4.78 is 0. The van der Waals surface area contributed by atoms with E-state index >= 15 is 0 Å². The smallest absolute Gasteiger partial charge is 1.00 e. The summed E-state index contributed by atoms with van der Waals surface area (Å²) in [5.41, 5.74) is 2.61. The molecule has 0 radical (unpaired) electrons. The molecular weight excluding hydrogens is 348 g/mol. The van der Waals surface area contributed by atoms with Gasteiger partial charge in [-0.25, -0.2) is 0 Å². The van der Waals surface area contributed by atoms with Gasteiger partial charge in [0.1, 0.15) is 5.75 Å². The number of halogens is 2. The third kappa shape index (κ3) is 6.52. The normalized spacial score (nSPS) is 9.33. The molecule has 0 bridgehead atoms. The van der Waals surface area contributed by atoms with Gasteiger partial charge in [0.2, 0.25) is 0 Å². The number of aromatic hydroxyl groups is 1. The minimum atomic E-state index is 0. The van der Waals surface area contributed by atoms with Gasteiger partial charge in [-0.1, -0.05) is 26.8 Å². The molecule has 0 unspecified atom stereocenters. The van der Waals surface area contributed by atoms with E-state index < -0.39 is 0 Å². The van der Waals surface area contributed by atoms with Crippen molar-refractivity contribution >= 4 is 37.7 Å². The molecule has 0 fully saturated rings. The Hall–Kier alpha value is 1.24. The number of phenolic OH excluding ortho intramolecular Hbond substituents is 1. The minimum absolute atomic E-state index is 0. The predicted octanol–water partition coefficient (Wildman–Crippen LogP) is -3.37. The quantitative estimate of drug-likeness (QED) is 0.477. The van der Waals surface area contributed by atoms with Crippen LogP contribution in [0.25, 0.3) is 0 Å². The molecule has 1 aromatic carbocycles. The minimum Gasteiger partial charge on any atom is -1.00 e. The predicted molar refractivity (Wildman–Crippen MR) is 57.3 cm³/mol. The standard InChI is InChI=1S/C11H16O.2BrH.Ca/c1-8-7-9(12)5-6-10(8)11(2,3)4;;;/h5-7,12H,1-4H3;2*1H;/q;;;+2/p-2. The summed E-state index contributed by atoms with van der Waals surface area (Å²) in [6, 6.07) is 5.54. The Balaban J connectivity index is -0.000000480. The van der Waals surface area contributed by atoms with Gasteiger partial charge in [-0.3, -0.25) is 0 Å². The second-order valence-electron chi connectivity index (χ2n) is 4.25. The summed E-state index contributed by atoms with van der Waals surface area (Å²) >= 11 is 0. The van der Waals surface area contributed by atoms with Crippen LogP contribution in [0.5, 0.6) is 5.75 Å². The van der Waals surface area contributed by atoms with Crippen molar-refractivity contribution in [2.45, 2.75) is 33.1 Å². The van der Waals surface area contributed by atoms with E-state index in [0.717, 1.165) is 5.56 Å². The summed E-state index contributed by atoms with van der Waals surface area (Å²) in [6.07, 6.45) is 0. The fourth-order valence-corrected chi connectivity index (χ4v) is 1.49. The van der Waals surface area contributed by atoms with E-state index in [1.165, 1.54) is 5.56 Å². The van der Waals surface area contributed by atoms with E-state index in [4.69, 9.17) is 0 Å². The Morgan fingerprint density at radius 1 is 1.07 bits per heavy atom. The molecule has 0 aromatic heterocycles. The molecule has 0 spiro atoms. The topological polar surface area (TPSA) is 20.2 Å². The number of hydrogen-bond acceptors (Lipinski definition) is 1. The van der Waals surface area contributed by atoms with E-state index in [0.29, 0.717) is 5.75 Å². The average Bonchev–Trinajstić information content (AvgIpc) is 1.83. The number of hydrogen-bond donors (Lipinski definition) is 1. The fraction of sp³-hybridized carbons (Fsp3) is 0.455. The van der Waals surface area contributed by atoms with Crippen molar-refractivity contribution < 1.29 is 39.1 Å². The number of benzene rings is 1. The molecule has 1 nitrogen and oxygen atoms in total. The van der Waals surface area contributed by atoms with Gasteiger partial charge >= 0.3 is 37.7 Å². The van der Waals surface area contributed by atoms with Crippen LogP contribution >= 0.6 is 0 Å². The molecule has 0 aliphatic rings. The molecule has 4 heteroatoms. The van der Waals surface area contributed by atoms with Crippen LogP contribution in [-0.2, 0) is 5.41 Å². The molecule has 15 heavy (non-hydrogen) atoms. The monoisotopic (exact) mass is 362 g/mol. The Kier molecular flexibility index (Phi) is 12.0. The van der Waals surface area contributed by atoms with Crippen LogP contribution in [0, 0.1) is 6.92 Å². The van der Waals surface area contributed by atoms with Crippen molar-refractivity contribution in [3.63, 3.8) is 0 Å². The van der Waals surface area contributed by atoms with Crippen molar-refractivity contribution in [1.82, 2.24) is 0 Å². The maximum Gasteiger partial charge on any atom is 2.00 e. The number of phenols is 1. The first-order valence-corrected chi connectivity index (χ1v) is 4.21. The van der Waals surface area contributed by atoms with E-state index in [9.17, 15) is 5.11 Å². The summed E-state index contributed by atoms with van der Waals surface area (Å²) in [7, 11) is 0. The van der Waals surface area contributed by atoms with Gasteiger partial charge in [-0.15, -0.1) is 0 Å². The third-order valence-corrected chi connectivity index (χ3v) is 2.02. The van der Waals surface area contributed by atoms with Crippen LogP contribution in [0.1, 0.15) is 31.9 Å². The van der Waals surface area contributed by atoms with Crippen LogP contribution in [0.2, 0.25) is 0 Å². The Morgan fingerprint density at radius 3 is 1.87 bits per heavy atom. The SMILES string of the molecule is Cc1cc(O)ccc1C(C)(C)C.[Br-].[Br-].[Ca+2]. The summed E-state index contributed by atoms with van der Waals surface area (Å²) in [5, 5.41) is 9.20. The second kappa shape index (κ2) is 8.35. The van der Waals surface area contributed by atoms with Crippen LogP contribution in [-0.4, -0.2) is 42.8 Å². The Labute approximate surface area is 143 Å². The van der Waals surface area contributed by atoms with E-state index in [-0.39, 0.29) is 77.1 Å². The molecule has 82 valence electrons. The molecule has 0 aliphatic heterocycles. The van der Waals surface area contributed by atoms with Crippen molar-refractivity contribution in [1.29, 1.82) is 0 Å². The molecule has 0 saturated heterocycles. The number of aryl methyl sites for hydroxylation is 1. The molecular formula is C11H16Br2CaO. The van der Waals surface area contributed by atoms with Crippen LogP contribution in [0.15, 0.2) is 18.2 Å². The van der Waals surface area contributed by atoms with Gasteiger partial charge < -0.3 is 39.1 Å². The van der Waals surface area contributed by atoms with Gasteiger partial charge in [0.05, 0.1) is 0 Å². The van der Waals surface area contributed by atoms with Crippen molar-refractivity contribution in [3.05, 3.63) is 29.3 Å². The largest absolute Gasteiger partial charge is 2.00 e. The van der Waals surface area contributed by atoms with Crippen LogP contribution < -0.4 is 34.0 Å². The van der Waals surface area contributed by atoms with Gasteiger partial charge in [-0.2, -0.15) is 0 Å². The average molecular weight is 364 g/mol. The molecule has 0 atom stereocenters. The van der Waals surface area contributed by atoms with Crippen LogP contribution in [0.3, 0.4) is 0 Å². The second-order valence-corrected chi connectivity index (χ2v) is 4.25. The van der Waals surface area contributed by atoms with Gasteiger partial charge in [0, 0.05) is 0 Å². The maximum absolute atomic E-state index is 9.20. The zero-order valence-corrected chi connectivity index (χ0v) is 15.0. The maximum atomic E-state index is 9.20. The fourth-order valence-electron chi connectivity index (χ4n) is 1.49. The molecule has 1 rings (SSSR count).